The maximum atomic E-state index is 9.22. The number of nitrogens with zero attached hydrogens (tertiary/aromatic N) is 3. The van der Waals surface area contributed by atoms with Gasteiger partial charge < -0.3 is 0 Å². The number of piperazine rings is 1. The lowest BCUT2D eigenvalue weighted by atomic mass is 9.97. The minimum Gasteiger partial charge on any atom is -0.300 e. The number of rotatable bonds is 5. The van der Waals surface area contributed by atoms with E-state index in [0.29, 0.717) is 12.1 Å². The Morgan fingerprint density at radius 2 is 2.10 bits per heavy atom. The molecule has 0 aromatic heterocycles. The topological polar surface area (TPSA) is 42.3 Å². The molecule has 20 heavy (non-hydrogen) atoms. The summed E-state index contributed by atoms with van der Waals surface area (Å²) >= 11 is 0. The molecule has 0 aromatic rings. The van der Waals surface area contributed by atoms with Crippen molar-refractivity contribution < 1.29 is 0 Å². The van der Waals surface area contributed by atoms with Crippen molar-refractivity contribution in [2.24, 2.45) is 0 Å². The molecule has 0 amide bonds. The first-order valence-corrected chi connectivity index (χ1v) is 8.24. The van der Waals surface area contributed by atoms with Crippen LogP contribution in [0.4, 0.5) is 0 Å². The molecule has 0 saturated carbocycles. The van der Waals surface area contributed by atoms with Crippen LogP contribution in [0.15, 0.2) is 0 Å². The lowest BCUT2D eigenvalue weighted by Gasteiger charge is -2.47. The molecule has 2 aliphatic rings. The summed E-state index contributed by atoms with van der Waals surface area (Å²) in [6.45, 7) is 11.3. The van der Waals surface area contributed by atoms with Gasteiger partial charge in [-0.05, 0) is 46.6 Å². The summed E-state index contributed by atoms with van der Waals surface area (Å²) in [5.74, 6) is 0. The first-order valence-electron chi connectivity index (χ1n) is 8.24. The van der Waals surface area contributed by atoms with Crippen LogP contribution in [0.1, 0.15) is 46.5 Å². The Morgan fingerprint density at radius 3 is 2.80 bits per heavy atom. The standard InChI is InChI=1S/C16H30N4/c1-13(2)18-15(10-17)7-9-19-12-16-6-4-5-8-20(16)11-14(19)3/h13-16,18H,4-9,11-12H2,1-3H3. The van der Waals surface area contributed by atoms with Gasteiger partial charge in [-0.1, -0.05) is 6.42 Å². The predicted molar refractivity (Wildman–Crippen MR) is 82.5 cm³/mol. The molecule has 2 fully saturated rings. The van der Waals surface area contributed by atoms with Crippen LogP contribution in [-0.4, -0.2) is 60.1 Å². The van der Waals surface area contributed by atoms with Crippen LogP contribution >= 0.6 is 0 Å². The van der Waals surface area contributed by atoms with Crippen LogP contribution in [0.3, 0.4) is 0 Å². The summed E-state index contributed by atoms with van der Waals surface area (Å²) in [4.78, 5) is 5.28. The zero-order valence-electron chi connectivity index (χ0n) is 13.3. The van der Waals surface area contributed by atoms with Crippen LogP contribution in [-0.2, 0) is 0 Å². The summed E-state index contributed by atoms with van der Waals surface area (Å²) in [7, 11) is 0. The molecule has 0 aliphatic carbocycles. The van der Waals surface area contributed by atoms with Crippen molar-refractivity contribution in [2.45, 2.75) is 70.6 Å². The second-order valence-corrected chi connectivity index (χ2v) is 6.78. The SMILES string of the molecule is CC(C)NC(C#N)CCN1CC2CCCCN2CC1C. The number of hydrogen-bond donors (Lipinski definition) is 1. The van der Waals surface area contributed by atoms with Gasteiger partial charge in [-0.3, -0.25) is 15.1 Å². The van der Waals surface area contributed by atoms with Gasteiger partial charge >= 0.3 is 0 Å². The molecule has 4 heteroatoms. The zero-order valence-corrected chi connectivity index (χ0v) is 13.3. The highest BCUT2D eigenvalue weighted by Crippen LogP contribution is 2.24. The van der Waals surface area contributed by atoms with E-state index in [1.165, 1.54) is 38.9 Å². The Bertz CT molecular complexity index is 336. The second kappa shape index (κ2) is 7.40. The molecule has 3 unspecified atom stereocenters. The number of piperidine rings is 1. The highest BCUT2D eigenvalue weighted by Gasteiger charge is 2.32. The van der Waals surface area contributed by atoms with Gasteiger partial charge in [0.25, 0.3) is 0 Å². The third-order valence-corrected chi connectivity index (χ3v) is 4.71. The molecule has 2 rings (SSSR count). The van der Waals surface area contributed by atoms with Gasteiger partial charge in [-0.25, -0.2) is 0 Å². The minimum atomic E-state index is -0.00779. The van der Waals surface area contributed by atoms with Crippen molar-refractivity contribution in [1.82, 2.24) is 15.1 Å². The highest BCUT2D eigenvalue weighted by atomic mass is 15.3. The van der Waals surface area contributed by atoms with E-state index in [-0.39, 0.29) is 6.04 Å². The Morgan fingerprint density at radius 1 is 1.30 bits per heavy atom. The quantitative estimate of drug-likeness (QED) is 0.833. The molecule has 114 valence electrons. The number of nitriles is 1. The largest absolute Gasteiger partial charge is 0.300 e. The average molecular weight is 278 g/mol. The lowest BCUT2D eigenvalue weighted by Crippen LogP contribution is -2.59. The Hall–Kier alpha value is -0.630. The zero-order chi connectivity index (χ0) is 14.5. The number of hydrogen-bond acceptors (Lipinski definition) is 4. The third-order valence-electron chi connectivity index (χ3n) is 4.71. The van der Waals surface area contributed by atoms with Crippen molar-refractivity contribution in [3.63, 3.8) is 0 Å². The van der Waals surface area contributed by atoms with Gasteiger partial charge in [-0.2, -0.15) is 5.26 Å². The first kappa shape index (κ1) is 15.8. The van der Waals surface area contributed by atoms with Crippen molar-refractivity contribution >= 4 is 0 Å². The average Bonchev–Trinajstić information content (AvgIpc) is 2.43. The van der Waals surface area contributed by atoms with Gasteiger partial charge in [0.1, 0.15) is 0 Å². The number of nitrogens with one attached hydrogen (secondary N) is 1. The summed E-state index contributed by atoms with van der Waals surface area (Å²) in [5, 5.41) is 12.6. The molecule has 4 nitrogen and oxygen atoms in total. The van der Waals surface area contributed by atoms with Gasteiger partial charge in [0.15, 0.2) is 0 Å². The molecule has 0 aromatic carbocycles. The molecule has 3 atom stereocenters. The maximum absolute atomic E-state index is 9.22. The third kappa shape index (κ3) is 4.18. The van der Waals surface area contributed by atoms with Crippen molar-refractivity contribution in [3.8, 4) is 6.07 Å². The van der Waals surface area contributed by atoms with Crippen molar-refractivity contribution in [2.75, 3.05) is 26.2 Å². The minimum absolute atomic E-state index is 0.00779. The molecule has 0 bridgehead atoms. The van der Waals surface area contributed by atoms with E-state index >= 15 is 0 Å². The maximum Gasteiger partial charge on any atom is 0.0967 e. The second-order valence-electron chi connectivity index (χ2n) is 6.78. The van der Waals surface area contributed by atoms with Crippen LogP contribution in [0, 0.1) is 11.3 Å². The van der Waals surface area contributed by atoms with Gasteiger partial charge in [0, 0.05) is 37.8 Å². The summed E-state index contributed by atoms with van der Waals surface area (Å²) in [5.41, 5.74) is 0. The van der Waals surface area contributed by atoms with E-state index in [1.54, 1.807) is 0 Å². The molecule has 2 aliphatic heterocycles. The van der Waals surface area contributed by atoms with Gasteiger partial charge in [-0.15, -0.1) is 0 Å². The normalized spacial score (nSPS) is 29.9. The first-order chi connectivity index (χ1) is 9.60. The molecule has 1 N–H and O–H groups in total. The Balaban J connectivity index is 1.81. The summed E-state index contributed by atoms with van der Waals surface area (Å²) in [6, 6.07) is 4.16. The smallest absolute Gasteiger partial charge is 0.0967 e. The van der Waals surface area contributed by atoms with E-state index in [9.17, 15) is 5.26 Å². The molecule has 2 heterocycles. The van der Waals surface area contributed by atoms with E-state index in [2.05, 4.69) is 42.0 Å². The summed E-state index contributed by atoms with van der Waals surface area (Å²) < 4.78 is 0. The molecule has 0 spiro atoms. The fourth-order valence-corrected chi connectivity index (χ4v) is 3.61. The lowest BCUT2D eigenvalue weighted by molar-refractivity contribution is 0.0142. The van der Waals surface area contributed by atoms with Gasteiger partial charge in [0.2, 0.25) is 0 Å². The van der Waals surface area contributed by atoms with Gasteiger partial charge in [0.05, 0.1) is 12.1 Å². The fourth-order valence-electron chi connectivity index (χ4n) is 3.61. The van der Waals surface area contributed by atoms with E-state index in [0.717, 1.165) is 19.0 Å². The fraction of sp³-hybridized carbons (Fsp3) is 0.938. The van der Waals surface area contributed by atoms with Crippen molar-refractivity contribution in [3.05, 3.63) is 0 Å². The van der Waals surface area contributed by atoms with E-state index in [4.69, 9.17) is 0 Å². The van der Waals surface area contributed by atoms with Crippen LogP contribution in [0.25, 0.3) is 0 Å². The predicted octanol–water partition coefficient (Wildman–Crippen LogP) is 1.83. The monoisotopic (exact) mass is 278 g/mol. The Kier molecular flexibility index (Phi) is 5.83. The van der Waals surface area contributed by atoms with Crippen LogP contribution in [0.2, 0.25) is 0 Å². The molecular weight excluding hydrogens is 248 g/mol. The van der Waals surface area contributed by atoms with E-state index < -0.39 is 0 Å². The van der Waals surface area contributed by atoms with Crippen LogP contribution in [0.5, 0.6) is 0 Å². The Labute approximate surface area is 124 Å². The summed E-state index contributed by atoms with van der Waals surface area (Å²) in [6.07, 6.45) is 5.05. The molecule has 2 saturated heterocycles. The molecular formula is C16H30N4. The highest BCUT2D eigenvalue weighted by molar-refractivity contribution is 4.94. The van der Waals surface area contributed by atoms with E-state index in [1.807, 2.05) is 0 Å². The van der Waals surface area contributed by atoms with Crippen LogP contribution < -0.4 is 5.32 Å². The number of fused-ring (bicyclic) bond motifs is 1. The van der Waals surface area contributed by atoms with Crippen molar-refractivity contribution in [1.29, 1.82) is 5.26 Å². The molecule has 0 radical (unpaired) electrons.